The van der Waals surface area contributed by atoms with E-state index in [0.29, 0.717) is 11.7 Å². The molecule has 7 heteroatoms. The highest BCUT2D eigenvalue weighted by molar-refractivity contribution is 8.00. The molecule has 2 N–H and O–H groups in total. The Balaban J connectivity index is 1.55. The van der Waals surface area contributed by atoms with Crippen LogP contribution in [-0.4, -0.2) is 25.9 Å². The topological polar surface area (TPSA) is 71.8 Å². The maximum Gasteiger partial charge on any atom is 0.237 e. The summed E-state index contributed by atoms with van der Waals surface area (Å²) in [6.45, 7) is 6.51. The molecule has 1 aromatic heterocycles. The average Bonchev–Trinajstić information content (AvgIpc) is 3.22. The van der Waals surface area contributed by atoms with Gasteiger partial charge in [-0.05, 0) is 57.2 Å². The fraction of sp³-hybridized carbons (Fsp3) is 0.192. The number of aromatic nitrogens is 3. The number of aryl methyl sites for hydroxylation is 2. The Labute approximate surface area is 198 Å². The fourth-order valence-electron chi connectivity index (χ4n) is 3.27. The molecular formula is C26H27N5OS. The molecule has 33 heavy (non-hydrogen) atoms. The summed E-state index contributed by atoms with van der Waals surface area (Å²) in [6.07, 6.45) is 0. The SMILES string of the molecule is Cc1ccc(NCc2nnc(S[C@H](C)C(=O)Nc3ccccc3)n2-c2ccc(C)cc2)cc1. The minimum absolute atomic E-state index is 0.0796. The number of hydrogen-bond acceptors (Lipinski definition) is 5. The van der Waals surface area contributed by atoms with Crippen LogP contribution >= 0.6 is 11.8 Å². The van der Waals surface area contributed by atoms with Gasteiger partial charge in [0.25, 0.3) is 0 Å². The van der Waals surface area contributed by atoms with E-state index < -0.39 is 0 Å². The highest BCUT2D eigenvalue weighted by atomic mass is 32.2. The standard InChI is InChI=1S/C26H27N5OS/c1-18-9-13-21(14-10-18)27-17-24-29-30-26(31(24)23-15-11-19(2)12-16-23)33-20(3)25(32)28-22-7-5-4-6-8-22/h4-16,20,27H,17H2,1-3H3,(H,28,32)/t20-/m1/s1. The quantitative estimate of drug-likeness (QED) is 0.336. The number of benzene rings is 3. The molecule has 1 heterocycles. The summed E-state index contributed by atoms with van der Waals surface area (Å²) in [5, 5.41) is 15.6. The molecule has 0 spiro atoms. The first-order valence-corrected chi connectivity index (χ1v) is 11.7. The highest BCUT2D eigenvalue weighted by Crippen LogP contribution is 2.27. The van der Waals surface area contributed by atoms with Crippen molar-refractivity contribution in [2.24, 2.45) is 0 Å². The maximum absolute atomic E-state index is 12.8. The maximum atomic E-state index is 12.8. The zero-order chi connectivity index (χ0) is 23.2. The van der Waals surface area contributed by atoms with Gasteiger partial charge in [-0.25, -0.2) is 0 Å². The van der Waals surface area contributed by atoms with Gasteiger partial charge in [0.05, 0.1) is 11.8 Å². The van der Waals surface area contributed by atoms with Crippen LogP contribution in [0.1, 0.15) is 23.9 Å². The van der Waals surface area contributed by atoms with Gasteiger partial charge in [-0.3, -0.25) is 9.36 Å². The van der Waals surface area contributed by atoms with Gasteiger partial charge in [0, 0.05) is 17.1 Å². The van der Waals surface area contributed by atoms with Crippen molar-refractivity contribution in [1.82, 2.24) is 14.8 Å². The van der Waals surface area contributed by atoms with Crippen LogP contribution in [0.25, 0.3) is 5.69 Å². The molecule has 6 nitrogen and oxygen atoms in total. The Morgan fingerprint density at radius 2 is 1.52 bits per heavy atom. The zero-order valence-corrected chi connectivity index (χ0v) is 19.8. The lowest BCUT2D eigenvalue weighted by Gasteiger charge is -2.14. The summed E-state index contributed by atoms with van der Waals surface area (Å²) < 4.78 is 2.01. The van der Waals surface area contributed by atoms with Crippen molar-refractivity contribution in [2.45, 2.75) is 37.7 Å². The van der Waals surface area contributed by atoms with Gasteiger partial charge >= 0.3 is 0 Å². The number of nitrogens with one attached hydrogen (secondary N) is 2. The Morgan fingerprint density at radius 3 is 2.18 bits per heavy atom. The predicted molar refractivity (Wildman–Crippen MR) is 135 cm³/mol. The Hall–Kier alpha value is -3.58. The van der Waals surface area contributed by atoms with E-state index in [0.717, 1.165) is 22.9 Å². The van der Waals surface area contributed by atoms with Gasteiger partial charge in [-0.2, -0.15) is 0 Å². The third-order valence-corrected chi connectivity index (χ3v) is 6.23. The summed E-state index contributed by atoms with van der Waals surface area (Å²) in [6, 6.07) is 25.9. The van der Waals surface area contributed by atoms with E-state index in [1.807, 2.05) is 66.1 Å². The van der Waals surface area contributed by atoms with Gasteiger partial charge in [-0.1, -0.05) is 65.4 Å². The van der Waals surface area contributed by atoms with Crippen LogP contribution in [0.15, 0.2) is 84.0 Å². The number of anilines is 2. The second-order valence-corrected chi connectivity index (χ2v) is 9.21. The molecule has 0 fully saturated rings. The number of rotatable bonds is 8. The number of para-hydroxylation sites is 1. The van der Waals surface area contributed by atoms with E-state index in [-0.39, 0.29) is 11.2 Å². The van der Waals surface area contributed by atoms with Gasteiger partial charge < -0.3 is 10.6 Å². The van der Waals surface area contributed by atoms with E-state index in [1.54, 1.807) is 0 Å². The molecular weight excluding hydrogens is 430 g/mol. The molecule has 168 valence electrons. The molecule has 1 amide bonds. The lowest BCUT2D eigenvalue weighted by molar-refractivity contribution is -0.115. The van der Waals surface area contributed by atoms with E-state index in [1.165, 1.54) is 22.9 Å². The first-order valence-electron chi connectivity index (χ1n) is 10.8. The summed E-state index contributed by atoms with van der Waals surface area (Å²) >= 11 is 1.39. The van der Waals surface area contributed by atoms with Crippen LogP contribution in [0.4, 0.5) is 11.4 Å². The normalized spacial score (nSPS) is 11.7. The summed E-state index contributed by atoms with van der Waals surface area (Å²) in [4.78, 5) is 12.8. The Morgan fingerprint density at radius 1 is 0.879 bits per heavy atom. The van der Waals surface area contributed by atoms with Crippen LogP contribution < -0.4 is 10.6 Å². The molecule has 0 aliphatic carbocycles. The van der Waals surface area contributed by atoms with Crippen molar-refractivity contribution in [1.29, 1.82) is 0 Å². The number of carbonyl (C=O) groups is 1. The average molecular weight is 458 g/mol. The first-order chi connectivity index (χ1) is 16.0. The van der Waals surface area contributed by atoms with E-state index in [2.05, 4.69) is 58.9 Å². The van der Waals surface area contributed by atoms with Crippen LogP contribution in [0.2, 0.25) is 0 Å². The number of thioether (sulfide) groups is 1. The molecule has 0 aliphatic heterocycles. The zero-order valence-electron chi connectivity index (χ0n) is 18.9. The van der Waals surface area contributed by atoms with Crippen molar-refractivity contribution < 1.29 is 4.79 Å². The molecule has 0 saturated carbocycles. The van der Waals surface area contributed by atoms with E-state index in [9.17, 15) is 4.79 Å². The minimum atomic E-state index is -0.350. The van der Waals surface area contributed by atoms with Crippen LogP contribution in [0.5, 0.6) is 0 Å². The number of hydrogen-bond donors (Lipinski definition) is 2. The monoisotopic (exact) mass is 457 g/mol. The van der Waals surface area contributed by atoms with E-state index >= 15 is 0 Å². The molecule has 0 saturated heterocycles. The second-order valence-electron chi connectivity index (χ2n) is 7.90. The molecule has 1 atom stereocenters. The Bertz CT molecular complexity index is 1200. The summed E-state index contributed by atoms with van der Waals surface area (Å²) in [7, 11) is 0. The van der Waals surface area contributed by atoms with E-state index in [4.69, 9.17) is 0 Å². The third kappa shape index (κ3) is 5.81. The Kier molecular flexibility index (Phi) is 7.10. The van der Waals surface area contributed by atoms with Gasteiger partial charge in [-0.15, -0.1) is 10.2 Å². The van der Waals surface area contributed by atoms with Crippen molar-refractivity contribution in [3.8, 4) is 5.69 Å². The number of amides is 1. The number of nitrogens with zero attached hydrogens (tertiary/aromatic N) is 3. The molecule has 0 aliphatic rings. The lowest BCUT2D eigenvalue weighted by Crippen LogP contribution is -2.23. The third-order valence-electron chi connectivity index (χ3n) is 5.19. The molecule has 4 rings (SSSR count). The molecule has 0 radical (unpaired) electrons. The summed E-state index contributed by atoms with van der Waals surface area (Å²) in [5.74, 6) is 0.696. The smallest absolute Gasteiger partial charge is 0.237 e. The molecule has 0 unspecified atom stereocenters. The van der Waals surface area contributed by atoms with Crippen LogP contribution in [0, 0.1) is 13.8 Å². The largest absolute Gasteiger partial charge is 0.378 e. The van der Waals surface area contributed by atoms with Crippen molar-refractivity contribution >= 4 is 29.0 Å². The van der Waals surface area contributed by atoms with Gasteiger partial charge in [0.1, 0.15) is 0 Å². The lowest BCUT2D eigenvalue weighted by atomic mass is 10.2. The second kappa shape index (κ2) is 10.4. The minimum Gasteiger partial charge on any atom is -0.378 e. The molecule has 3 aromatic carbocycles. The summed E-state index contributed by atoms with van der Waals surface area (Å²) in [5.41, 5.74) is 5.15. The fourth-order valence-corrected chi connectivity index (χ4v) is 4.16. The number of carbonyl (C=O) groups excluding carboxylic acids is 1. The first kappa shape index (κ1) is 22.6. The van der Waals surface area contributed by atoms with Gasteiger partial charge in [0.15, 0.2) is 11.0 Å². The van der Waals surface area contributed by atoms with Crippen LogP contribution in [-0.2, 0) is 11.3 Å². The van der Waals surface area contributed by atoms with Crippen molar-refractivity contribution in [2.75, 3.05) is 10.6 Å². The van der Waals surface area contributed by atoms with Crippen LogP contribution in [0.3, 0.4) is 0 Å². The predicted octanol–water partition coefficient (Wildman–Crippen LogP) is 5.62. The highest BCUT2D eigenvalue weighted by Gasteiger charge is 2.21. The molecule has 4 aromatic rings. The van der Waals surface area contributed by atoms with Gasteiger partial charge in [0.2, 0.25) is 5.91 Å². The van der Waals surface area contributed by atoms with Crippen molar-refractivity contribution in [3.63, 3.8) is 0 Å². The molecule has 0 bridgehead atoms. The van der Waals surface area contributed by atoms with Crippen molar-refractivity contribution in [3.05, 3.63) is 95.8 Å².